The molecule has 0 saturated heterocycles. The first-order valence-electron chi connectivity index (χ1n) is 11.1. The Bertz CT molecular complexity index is 1120. The minimum Gasteiger partial charge on any atom is -0.493 e. The van der Waals surface area contributed by atoms with Gasteiger partial charge >= 0.3 is 0 Å². The summed E-state index contributed by atoms with van der Waals surface area (Å²) in [7, 11) is 3.30. The summed E-state index contributed by atoms with van der Waals surface area (Å²) >= 11 is 6.10. The van der Waals surface area contributed by atoms with Crippen LogP contribution in [0.5, 0.6) is 11.5 Å². The summed E-state index contributed by atoms with van der Waals surface area (Å²) in [4.78, 5) is 15.4. The Labute approximate surface area is 200 Å². The molecule has 2 atom stereocenters. The Morgan fingerprint density at radius 3 is 2.48 bits per heavy atom. The van der Waals surface area contributed by atoms with Gasteiger partial charge in [-0.05, 0) is 60.4 Å². The van der Waals surface area contributed by atoms with E-state index in [0.29, 0.717) is 16.3 Å². The first-order chi connectivity index (χ1) is 16.0. The number of ether oxygens (including phenoxy) is 2. The number of benzene rings is 3. The lowest BCUT2D eigenvalue weighted by molar-refractivity contribution is 0.0877. The van der Waals surface area contributed by atoms with Crippen LogP contribution in [0.4, 0.5) is 0 Å². The molecule has 1 aliphatic rings. The number of carbonyl (C=O) groups excluding carboxylic acids is 1. The molecule has 1 amide bonds. The van der Waals surface area contributed by atoms with Crippen molar-refractivity contribution in [1.82, 2.24) is 10.2 Å². The third-order valence-electron chi connectivity index (χ3n) is 6.17. The number of nitrogens with zero attached hydrogens (tertiary/aromatic N) is 1. The Kier molecular flexibility index (Phi) is 7.21. The molecule has 0 spiro atoms. The highest BCUT2D eigenvalue weighted by atomic mass is 35.5. The second kappa shape index (κ2) is 10.3. The SMILES string of the molecule is COc1cc2c(cc1OC)[C@H]([C@@H](C)NC(=O)c1cccc(Cl)c1)N(Cc1ccccc1)CC2. The highest BCUT2D eigenvalue weighted by Crippen LogP contribution is 2.40. The number of rotatable bonds is 7. The van der Waals surface area contributed by atoms with Crippen LogP contribution in [0.3, 0.4) is 0 Å². The highest BCUT2D eigenvalue weighted by Gasteiger charge is 2.34. The van der Waals surface area contributed by atoms with Gasteiger partial charge in [0.05, 0.1) is 20.3 Å². The second-order valence-electron chi connectivity index (χ2n) is 8.33. The molecule has 3 aromatic rings. The minimum atomic E-state index is -0.155. The molecule has 0 unspecified atom stereocenters. The van der Waals surface area contributed by atoms with Crippen LogP contribution in [0, 0.1) is 0 Å². The summed E-state index contributed by atoms with van der Waals surface area (Å²) in [5, 5.41) is 3.75. The summed E-state index contributed by atoms with van der Waals surface area (Å²) in [5.41, 5.74) is 4.15. The van der Waals surface area contributed by atoms with E-state index in [-0.39, 0.29) is 18.0 Å². The van der Waals surface area contributed by atoms with Gasteiger partial charge in [0.25, 0.3) is 5.91 Å². The summed E-state index contributed by atoms with van der Waals surface area (Å²) in [5.74, 6) is 1.27. The van der Waals surface area contributed by atoms with Crippen molar-refractivity contribution in [3.8, 4) is 11.5 Å². The molecule has 4 rings (SSSR count). The molecule has 3 aromatic carbocycles. The number of hydrogen-bond acceptors (Lipinski definition) is 4. The van der Waals surface area contributed by atoms with E-state index in [1.54, 1.807) is 38.5 Å². The topological polar surface area (TPSA) is 50.8 Å². The number of halogens is 1. The molecule has 0 fully saturated rings. The first kappa shape index (κ1) is 23.1. The third-order valence-corrected chi connectivity index (χ3v) is 6.41. The van der Waals surface area contributed by atoms with Crippen LogP contribution in [0.15, 0.2) is 66.7 Å². The quantitative estimate of drug-likeness (QED) is 0.517. The standard InChI is InChI=1S/C27H29ClN2O3/c1-18(29-27(31)21-10-7-11-22(28)14-21)26-23-16-25(33-3)24(32-2)15-20(23)12-13-30(26)17-19-8-5-4-6-9-19/h4-11,14-16,18,26H,12-13,17H2,1-3H3,(H,29,31)/t18-,26+/m1/s1. The number of hydrogen-bond donors (Lipinski definition) is 1. The Balaban J connectivity index is 1.68. The van der Waals surface area contributed by atoms with Crippen molar-refractivity contribution >= 4 is 17.5 Å². The van der Waals surface area contributed by atoms with Gasteiger partial charge in [-0.15, -0.1) is 0 Å². The van der Waals surface area contributed by atoms with E-state index in [4.69, 9.17) is 21.1 Å². The van der Waals surface area contributed by atoms with Crippen molar-refractivity contribution in [3.05, 3.63) is 94.0 Å². The van der Waals surface area contributed by atoms with Crippen LogP contribution < -0.4 is 14.8 Å². The normalized spacial score (nSPS) is 16.5. The van der Waals surface area contributed by atoms with Gasteiger partial charge in [-0.25, -0.2) is 0 Å². The summed E-state index contributed by atoms with van der Waals surface area (Å²) in [6.07, 6.45) is 0.897. The zero-order valence-corrected chi connectivity index (χ0v) is 19.9. The van der Waals surface area contributed by atoms with E-state index in [1.807, 2.05) is 6.07 Å². The largest absolute Gasteiger partial charge is 0.493 e. The maximum absolute atomic E-state index is 13.0. The predicted molar refractivity (Wildman–Crippen MR) is 131 cm³/mol. The maximum atomic E-state index is 13.0. The fourth-order valence-electron chi connectivity index (χ4n) is 4.61. The fourth-order valence-corrected chi connectivity index (χ4v) is 4.80. The van der Waals surface area contributed by atoms with Gasteiger partial charge in [-0.1, -0.05) is 48.0 Å². The van der Waals surface area contributed by atoms with E-state index in [0.717, 1.165) is 30.8 Å². The maximum Gasteiger partial charge on any atom is 0.251 e. The monoisotopic (exact) mass is 464 g/mol. The molecular formula is C27H29ClN2O3. The van der Waals surface area contributed by atoms with Crippen LogP contribution >= 0.6 is 11.6 Å². The zero-order valence-electron chi connectivity index (χ0n) is 19.2. The Morgan fingerprint density at radius 2 is 1.79 bits per heavy atom. The number of nitrogens with one attached hydrogen (secondary N) is 1. The fraction of sp³-hybridized carbons (Fsp3) is 0.296. The van der Waals surface area contributed by atoms with Crippen LogP contribution in [-0.2, 0) is 13.0 Å². The smallest absolute Gasteiger partial charge is 0.251 e. The number of fused-ring (bicyclic) bond motifs is 1. The molecule has 0 radical (unpaired) electrons. The van der Waals surface area contributed by atoms with E-state index < -0.39 is 0 Å². The van der Waals surface area contributed by atoms with Crippen LogP contribution in [-0.4, -0.2) is 37.6 Å². The highest BCUT2D eigenvalue weighted by molar-refractivity contribution is 6.30. The molecule has 6 heteroatoms. The first-order valence-corrected chi connectivity index (χ1v) is 11.5. The van der Waals surface area contributed by atoms with E-state index in [2.05, 4.69) is 53.5 Å². The van der Waals surface area contributed by atoms with Crippen molar-refractivity contribution in [2.24, 2.45) is 0 Å². The average molecular weight is 465 g/mol. The molecule has 172 valence electrons. The van der Waals surface area contributed by atoms with Gasteiger partial charge in [0.2, 0.25) is 0 Å². The lowest BCUT2D eigenvalue weighted by atomic mass is 9.87. The second-order valence-corrected chi connectivity index (χ2v) is 8.77. The number of carbonyl (C=O) groups is 1. The van der Waals surface area contributed by atoms with Gasteiger partial charge in [-0.3, -0.25) is 9.69 Å². The van der Waals surface area contributed by atoms with Crippen molar-refractivity contribution in [3.63, 3.8) is 0 Å². The molecule has 0 bridgehead atoms. The zero-order chi connectivity index (χ0) is 23.4. The minimum absolute atomic E-state index is 0.0307. The number of amides is 1. The van der Waals surface area contributed by atoms with Gasteiger partial charge in [0.1, 0.15) is 0 Å². The predicted octanol–water partition coefficient (Wildman–Crippen LogP) is 5.28. The van der Waals surface area contributed by atoms with Gasteiger partial charge in [0.15, 0.2) is 11.5 Å². The van der Waals surface area contributed by atoms with E-state index >= 15 is 0 Å². The summed E-state index contributed by atoms with van der Waals surface area (Å²) in [6, 6.07) is 21.4. The van der Waals surface area contributed by atoms with E-state index in [9.17, 15) is 4.79 Å². The Morgan fingerprint density at radius 1 is 1.06 bits per heavy atom. The van der Waals surface area contributed by atoms with Crippen LogP contribution in [0.2, 0.25) is 5.02 Å². The molecule has 1 N–H and O–H groups in total. The lowest BCUT2D eigenvalue weighted by Gasteiger charge is -2.41. The van der Waals surface area contributed by atoms with E-state index in [1.165, 1.54) is 11.1 Å². The molecule has 5 nitrogen and oxygen atoms in total. The molecule has 1 aliphatic heterocycles. The lowest BCUT2D eigenvalue weighted by Crippen LogP contribution is -2.47. The van der Waals surface area contributed by atoms with Crippen LogP contribution in [0.25, 0.3) is 0 Å². The Hall–Kier alpha value is -3.02. The molecule has 33 heavy (non-hydrogen) atoms. The molecule has 0 aliphatic carbocycles. The van der Waals surface area contributed by atoms with Gasteiger partial charge in [-0.2, -0.15) is 0 Å². The summed E-state index contributed by atoms with van der Waals surface area (Å²) in [6.45, 7) is 3.72. The molecule has 0 saturated carbocycles. The van der Waals surface area contributed by atoms with Crippen LogP contribution in [0.1, 0.15) is 40.0 Å². The third kappa shape index (κ3) is 5.15. The molecule has 0 aromatic heterocycles. The van der Waals surface area contributed by atoms with Crippen molar-refractivity contribution in [2.75, 3.05) is 20.8 Å². The molecular weight excluding hydrogens is 436 g/mol. The number of methoxy groups -OCH3 is 2. The van der Waals surface area contributed by atoms with Crippen molar-refractivity contribution < 1.29 is 14.3 Å². The van der Waals surface area contributed by atoms with Crippen molar-refractivity contribution in [1.29, 1.82) is 0 Å². The average Bonchev–Trinajstić information content (AvgIpc) is 2.83. The van der Waals surface area contributed by atoms with Crippen molar-refractivity contribution in [2.45, 2.75) is 32.0 Å². The summed E-state index contributed by atoms with van der Waals surface area (Å²) < 4.78 is 11.1. The van der Waals surface area contributed by atoms with Gasteiger partial charge in [0, 0.05) is 29.7 Å². The molecule has 1 heterocycles. The van der Waals surface area contributed by atoms with Gasteiger partial charge < -0.3 is 14.8 Å².